The van der Waals surface area contributed by atoms with E-state index in [0.717, 1.165) is 0 Å². The Hall–Kier alpha value is -1.38. The molecule has 3 heteroatoms. The predicted molar refractivity (Wildman–Crippen MR) is 44.4 cm³/mol. The van der Waals surface area contributed by atoms with Gasteiger partial charge in [0.05, 0.1) is 0 Å². The molecule has 0 saturated heterocycles. The third-order valence-corrected chi connectivity index (χ3v) is 1.48. The Bertz CT molecular complexity index is 296. The maximum absolute atomic E-state index is 12.6. The summed E-state index contributed by atoms with van der Waals surface area (Å²) in [5.41, 5.74) is 0.375. The molecule has 12 heavy (non-hydrogen) atoms. The SMILES string of the molecule is CN(C)C(=O)c1cccc(F)c1. The van der Waals surface area contributed by atoms with Crippen LogP contribution in [0.4, 0.5) is 4.39 Å². The van der Waals surface area contributed by atoms with E-state index < -0.39 is 0 Å². The van der Waals surface area contributed by atoms with E-state index in [0.29, 0.717) is 5.56 Å². The molecule has 1 aromatic carbocycles. The van der Waals surface area contributed by atoms with Crippen molar-refractivity contribution < 1.29 is 9.18 Å². The largest absolute Gasteiger partial charge is 0.345 e. The Labute approximate surface area is 70.6 Å². The molecule has 0 saturated carbocycles. The van der Waals surface area contributed by atoms with E-state index in [-0.39, 0.29) is 11.7 Å². The highest BCUT2D eigenvalue weighted by Crippen LogP contribution is 2.04. The molecule has 0 aliphatic heterocycles. The summed E-state index contributed by atoms with van der Waals surface area (Å²) >= 11 is 0. The smallest absolute Gasteiger partial charge is 0.253 e. The van der Waals surface area contributed by atoms with Crippen LogP contribution in [0.2, 0.25) is 0 Å². The molecule has 0 heterocycles. The summed E-state index contributed by atoms with van der Waals surface area (Å²) < 4.78 is 12.6. The number of hydrogen-bond acceptors (Lipinski definition) is 1. The average Bonchev–Trinajstić information content (AvgIpc) is 2.03. The van der Waals surface area contributed by atoms with Gasteiger partial charge in [-0.15, -0.1) is 0 Å². The molecule has 1 rings (SSSR count). The van der Waals surface area contributed by atoms with Crippen molar-refractivity contribution in [1.82, 2.24) is 4.90 Å². The highest BCUT2D eigenvalue weighted by Gasteiger charge is 2.07. The number of rotatable bonds is 1. The van der Waals surface area contributed by atoms with Crippen molar-refractivity contribution in [1.29, 1.82) is 0 Å². The Morgan fingerprint density at radius 3 is 2.58 bits per heavy atom. The van der Waals surface area contributed by atoms with Gasteiger partial charge in [0, 0.05) is 19.7 Å². The van der Waals surface area contributed by atoms with Crippen molar-refractivity contribution in [3.05, 3.63) is 35.6 Å². The van der Waals surface area contributed by atoms with Crippen molar-refractivity contribution >= 4 is 5.91 Å². The molecular weight excluding hydrogens is 157 g/mol. The molecule has 0 aliphatic carbocycles. The number of amides is 1. The number of carbonyl (C=O) groups excluding carboxylic acids is 1. The van der Waals surface area contributed by atoms with Gasteiger partial charge in [-0.1, -0.05) is 6.07 Å². The third-order valence-electron chi connectivity index (χ3n) is 1.48. The molecule has 64 valence electrons. The van der Waals surface area contributed by atoms with Crippen molar-refractivity contribution in [2.75, 3.05) is 14.1 Å². The molecule has 0 unspecified atom stereocenters. The first-order chi connectivity index (χ1) is 5.61. The van der Waals surface area contributed by atoms with Crippen molar-refractivity contribution in [3.63, 3.8) is 0 Å². The fraction of sp³-hybridized carbons (Fsp3) is 0.222. The molecule has 0 N–H and O–H groups in total. The summed E-state index contributed by atoms with van der Waals surface area (Å²) in [7, 11) is 3.26. The number of benzene rings is 1. The van der Waals surface area contributed by atoms with Crippen molar-refractivity contribution in [2.45, 2.75) is 0 Å². The Balaban J connectivity index is 2.96. The van der Waals surface area contributed by atoms with E-state index in [9.17, 15) is 9.18 Å². The standard InChI is InChI=1S/C9H10FNO/c1-11(2)9(12)7-4-3-5-8(10)6-7/h3-6H,1-2H3. The fourth-order valence-electron chi connectivity index (χ4n) is 0.880. The molecule has 0 aromatic heterocycles. The molecule has 1 aromatic rings. The molecule has 0 fully saturated rings. The van der Waals surface area contributed by atoms with Gasteiger partial charge in [-0.05, 0) is 18.2 Å². The minimum Gasteiger partial charge on any atom is -0.345 e. The zero-order valence-electron chi connectivity index (χ0n) is 7.04. The van der Waals surface area contributed by atoms with Crippen LogP contribution in [-0.4, -0.2) is 24.9 Å². The summed E-state index contributed by atoms with van der Waals surface area (Å²) in [6.07, 6.45) is 0. The maximum atomic E-state index is 12.6. The van der Waals surface area contributed by atoms with Crippen LogP contribution in [0.5, 0.6) is 0 Å². The first-order valence-corrected chi connectivity index (χ1v) is 3.58. The van der Waals surface area contributed by atoms with Crippen molar-refractivity contribution in [3.8, 4) is 0 Å². The van der Waals surface area contributed by atoms with Gasteiger partial charge >= 0.3 is 0 Å². The predicted octanol–water partition coefficient (Wildman–Crippen LogP) is 1.53. The molecule has 2 nitrogen and oxygen atoms in total. The molecule has 0 spiro atoms. The van der Waals surface area contributed by atoms with Gasteiger partial charge in [0.15, 0.2) is 0 Å². The summed E-state index contributed by atoms with van der Waals surface area (Å²) in [6.45, 7) is 0. The lowest BCUT2D eigenvalue weighted by atomic mass is 10.2. The Kier molecular flexibility index (Phi) is 2.43. The van der Waals surface area contributed by atoms with E-state index in [2.05, 4.69) is 0 Å². The molecule has 0 radical (unpaired) electrons. The lowest BCUT2D eigenvalue weighted by Crippen LogP contribution is -2.21. The molecule has 1 amide bonds. The van der Waals surface area contributed by atoms with Crippen LogP contribution in [-0.2, 0) is 0 Å². The van der Waals surface area contributed by atoms with E-state index in [4.69, 9.17) is 0 Å². The van der Waals surface area contributed by atoms with E-state index >= 15 is 0 Å². The molecule has 0 aliphatic rings. The first kappa shape index (κ1) is 8.71. The van der Waals surface area contributed by atoms with E-state index in [1.54, 1.807) is 20.2 Å². The van der Waals surface area contributed by atoms with Crippen LogP contribution in [0.3, 0.4) is 0 Å². The minimum atomic E-state index is -0.386. The number of halogens is 1. The van der Waals surface area contributed by atoms with Crippen LogP contribution < -0.4 is 0 Å². The Morgan fingerprint density at radius 2 is 2.08 bits per heavy atom. The van der Waals surface area contributed by atoms with E-state index in [1.165, 1.54) is 23.1 Å². The van der Waals surface area contributed by atoms with Gasteiger partial charge in [0.1, 0.15) is 5.82 Å². The van der Waals surface area contributed by atoms with Crippen LogP contribution in [0.25, 0.3) is 0 Å². The van der Waals surface area contributed by atoms with Crippen LogP contribution in [0.1, 0.15) is 10.4 Å². The summed E-state index contributed by atoms with van der Waals surface area (Å²) in [5.74, 6) is -0.572. The van der Waals surface area contributed by atoms with Gasteiger partial charge in [-0.25, -0.2) is 4.39 Å². The quantitative estimate of drug-likeness (QED) is 0.621. The number of carbonyl (C=O) groups is 1. The normalized spacial score (nSPS) is 9.58. The van der Waals surface area contributed by atoms with Crippen LogP contribution in [0, 0.1) is 5.82 Å². The maximum Gasteiger partial charge on any atom is 0.253 e. The summed E-state index contributed by atoms with van der Waals surface area (Å²) in [5, 5.41) is 0. The zero-order valence-corrected chi connectivity index (χ0v) is 7.04. The molecule has 0 bridgehead atoms. The van der Waals surface area contributed by atoms with Gasteiger partial charge in [0.2, 0.25) is 0 Å². The van der Waals surface area contributed by atoms with E-state index in [1.807, 2.05) is 0 Å². The fourth-order valence-corrected chi connectivity index (χ4v) is 0.880. The summed E-state index contributed by atoms with van der Waals surface area (Å²) in [6, 6.07) is 5.65. The lowest BCUT2D eigenvalue weighted by Gasteiger charge is -2.09. The van der Waals surface area contributed by atoms with Gasteiger partial charge in [0.25, 0.3) is 5.91 Å². The first-order valence-electron chi connectivity index (χ1n) is 3.58. The van der Waals surface area contributed by atoms with Gasteiger partial charge in [-0.2, -0.15) is 0 Å². The Morgan fingerprint density at radius 1 is 1.42 bits per heavy atom. The number of hydrogen-bond donors (Lipinski definition) is 0. The zero-order chi connectivity index (χ0) is 9.14. The molecule has 0 atom stereocenters. The second-order valence-electron chi connectivity index (χ2n) is 2.71. The van der Waals surface area contributed by atoms with Gasteiger partial charge in [-0.3, -0.25) is 4.79 Å². The second kappa shape index (κ2) is 3.34. The highest BCUT2D eigenvalue weighted by atomic mass is 19.1. The van der Waals surface area contributed by atoms with Crippen molar-refractivity contribution in [2.24, 2.45) is 0 Å². The second-order valence-corrected chi connectivity index (χ2v) is 2.71. The monoisotopic (exact) mass is 167 g/mol. The number of nitrogens with zero attached hydrogens (tertiary/aromatic N) is 1. The van der Waals surface area contributed by atoms with Gasteiger partial charge < -0.3 is 4.90 Å². The molecular formula is C9H10FNO. The van der Waals surface area contributed by atoms with Crippen LogP contribution in [0.15, 0.2) is 24.3 Å². The lowest BCUT2D eigenvalue weighted by molar-refractivity contribution is 0.0827. The minimum absolute atomic E-state index is 0.186. The topological polar surface area (TPSA) is 20.3 Å². The van der Waals surface area contributed by atoms with Crippen LogP contribution >= 0.6 is 0 Å². The summed E-state index contributed by atoms with van der Waals surface area (Å²) in [4.78, 5) is 12.7. The third kappa shape index (κ3) is 1.81. The average molecular weight is 167 g/mol. The highest BCUT2D eigenvalue weighted by molar-refractivity contribution is 5.93.